The average Bonchev–Trinajstić information content (AvgIpc) is 2.75. The molecule has 1 aliphatic rings. The van der Waals surface area contributed by atoms with Crippen LogP contribution in [0, 0.1) is 12.3 Å². The van der Waals surface area contributed by atoms with E-state index in [0.717, 1.165) is 25.2 Å². The van der Waals surface area contributed by atoms with Gasteiger partial charge in [0, 0.05) is 12.6 Å². The number of nitrogens with one attached hydrogen (secondary N) is 1. The van der Waals surface area contributed by atoms with Gasteiger partial charge in [-0.05, 0) is 35.9 Å². The molecule has 1 unspecified atom stereocenters. The van der Waals surface area contributed by atoms with Crippen LogP contribution in [-0.4, -0.2) is 40.9 Å². The number of anilines is 1. The van der Waals surface area contributed by atoms with Crippen molar-refractivity contribution in [2.75, 3.05) is 25.5 Å². The van der Waals surface area contributed by atoms with Crippen LogP contribution in [-0.2, 0) is 6.54 Å². The fourth-order valence-corrected chi connectivity index (χ4v) is 2.46. The SMILES string of the molecule is C#CCn1ncc(NC2CCN(C)C2)c(Br)c1=O. The van der Waals surface area contributed by atoms with E-state index in [9.17, 15) is 4.79 Å². The zero-order chi connectivity index (χ0) is 13.1. The number of hydrogen-bond acceptors (Lipinski definition) is 4. The van der Waals surface area contributed by atoms with Crippen LogP contribution in [0.1, 0.15) is 6.42 Å². The number of likely N-dealkylation sites (tertiary alicyclic amines) is 1. The van der Waals surface area contributed by atoms with Gasteiger partial charge >= 0.3 is 0 Å². The fraction of sp³-hybridized carbons (Fsp3) is 0.500. The van der Waals surface area contributed by atoms with Gasteiger partial charge in [-0.25, -0.2) is 4.68 Å². The summed E-state index contributed by atoms with van der Waals surface area (Å²) in [7, 11) is 2.08. The van der Waals surface area contributed by atoms with E-state index in [1.54, 1.807) is 6.20 Å². The van der Waals surface area contributed by atoms with Gasteiger partial charge < -0.3 is 10.2 Å². The van der Waals surface area contributed by atoms with Crippen LogP contribution < -0.4 is 10.9 Å². The van der Waals surface area contributed by atoms with Crippen molar-refractivity contribution >= 4 is 21.6 Å². The van der Waals surface area contributed by atoms with E-state index in [1.807, 2.05) is 0 Å². The highest BCUT2D eigenvalue weighted by Gasteiger charge is 2.20. The van der Waals surface area contributed by atoms with Gasteiger partial charge in [0.1, 0.15) is 11.0 Å². The Morgan fingerprint density at radius 2 is 2.50 bits per heavy atom. The molecule has 1 atom stereocenters. The summed E-state index contributed by atoms with van der Waals surface area (Å²) in [5.74, 6) is 2.40. The first-order valence-corrected chi connectivity index (χ1v) is 6.55. The lowest BCUT2D eigenvalue weighted by molar-refractivity contribution is 0.414. The molecule has 0 radical (unpaired) electrons. The lowest BCUT2D eigenvalue weighted by Crippen LogP contribution is -2.28. The van der Waals surface area contributed by atoms with Crippen molar-refractivity contribution in [3.8, 4) is 12.3 Å². The standard InChI is InChI=1S/C12H15BrN4O/c1-3-5-17-12(18)11(13)10(7-14-17)15-9-4-6-16(2)8-9/h1,7,9,15H,4-6,8H2,2H3. The maximum Gasteiger partial charge on any atom is 0.284 e. The summed E-state index contributed by atoms with van der Waals surface area (Å²) in [4.78, 5) is 14.2. The fourth-order valence-electron chi connectivity index (χ4n) is 2.04. The van der Waals surface area contributed by atoms with E-state index in [-0.39, 0.29) is 12.1 Å². The second-order valence-corrected chi connectivity index (χ2v) is 5.22. The minimum atomic E-state index is -0.204. The number of terminal acetylenes is 1. The molecule has 0 saturated carbocycles. The Hall–Kier alpha value is -1.32. The van der Waals surface area contributed by atoms with Crippen molar-refractivity contribution in [3.63, 3.8) is 0 Å². The van der Waals surface area contributed by atoms with Crippen molar-refractivity contribution in [1.29, 1.82) is 0 Å². The first-order chi connectivity index (χ1) is 8.61. The maximum atomic E-state index is 11.9. The Bertz CT molecular complexity index is 534. The summed E-state index contributed by atoms with van der Waals surface area (Å²) in [5, 5.41) is 7.38. The second-order valence-electron chi connectivity index (χ2n) is 4.43. The van der Waals surface area contributed by atoms with E-state index in [2.05, 4.69) is 44.2 Å². The quantitative estimate of drug-likeness (QED) is 0.837. The molecule has 5 nitrogen and oxygen atoms in total. The lowest BCUT2D eigenvalue weighted by atomic mass is 10.2. The normalized spacial score (nSPS) is 19.7. The van der Waals surface area contributed by atoms with Crippen LogP contribution in [0.5, 0.6) is 0 Å². The van der Waals surface area contributed by atoms with Gasteiger partial charge in [-0.2, -0.15) is 5.10 Å². The van der Waals surface area contributed by atoms with Crippen LogP contribution in [0.25, 0.3) is 0 Å². The molecule has 18 heavy (non-hydrogen) atoms. The van der Waals surface area contributed by atoms with E-state index >= 15 is 0 Å². The molecule has 1 N–H and O–H groups in total. The number of nitrogens with zero attached hydrogens (tertiary/aromatic N) is 3. The molecule has 0 bridgehead atoms. The van der Waals surface area contributed by atoms with Crippen molar-refractivity contribution in [2.45, 2.75) is 19.0 Å². The number of likely N-dealkylation sites (N-methyl/N-ethyl adjacent to an activating group) is 1. The minimum Gasteiger partial charge on any atom is -0.379 e. The van der Waals surface area contributed by atoms with E-state index in [0.29, 0.717) is 10.5 Å². The average molecular weight is 311 g/mol. The second kappa shape index (κ2) is 5.55. The van der Waals surface area contributed by atoms with Gasteiger partial charge in [-0.15, -0.1) is 6.42 Å². The van der Waals surface area contributed by atoms with Crippen LogP contribution >= 0.6 is 15.9 Å². The predicted molar refractivity (Wildman–Crippen MR) is 74.6 cm³/mol. The summed E-state index contributed by atoms with van der Waals surface area (Å²) in [6.07, 6.45) is 7.88. The molecular formula is C12H15BrN4O. The zero-order valence-corrected chi connectivity index (χ0v) is 11.8. The lowest BCUT2D eigenvalue weighted by Gasteiger charge is -2.15. The van der Waals surface area contributed by atoms with Crippen molar-refractivity contribution < 1.29 is 0 Å². The molecule has 0 amide bonds. The van der Waals surface area contributed by atoms with Crippen LogP contribution in [0.4, 0.5) is 5.69 Å². The molecule has 0 aromatic carbocycles. The van der Waals surface area contributed by atoms with Gasteiger partial charge in [0.05, 0.1) is 11.9 Å². The summed E-state index contributed by atoms with van der Waals surface area (Å²) < 4.78 is 1.75. The zero-order valence-electron chi connectivity index (χ0n) is 10.2. The Labute approximate surface area is 114 Å². The largest absolute Gasteiger partial charge is 0.379 e. The predicted octanol–water partition coefficient (Wildman–Crippen LogP) is 0.755. The molecule has 0 aliphatic carbocycles. The topological polar surface area (TPSA) is 50.2 Å². The Morgan fingerprint density at radius 1 is 1.72 bits per heavy atom. The number of rotatable bonds is 3. The third kappa shape index (κ3) is 2.74. The molecule has 0 spiro atoms. The van der Waals surface area contributed by atoms with E-state index in [4.69, 9.17) is 6.42 Å². The first-order valence-electron chi connectivity index (χ1n) is 5.76. The smallest absolute Gasteiger partial charge is 0.284 e. The van der Waals surface area contributed by atoms with Crippen molar-refractivity contribution in [1.82, 2.24) is 14.7 Å². The highest BCUT2D eigenvalue weighted by atomic mass is 79.9. The van der Waals surface area contributed by atoms with E-state index < -0.39 is 0 Å². The number of hydrogen-bond donors (Lipinski definition) is 1. The van der Waals surface area contributed by atoms with Crippen molar-refractivity contribution in [2.24, 2.45) is 0 Å². The number of aromatic nitrogens is 2. The molecular weight excluding hydrogens is 296 g/mol. The third-order valence-electron chi connectivity index (χ3n) is 2.98. The summed E-state index contributed by atoms with van der Waals surface area (Å²) >= 11 is 3.31. The Morgan fingerprint density at radius 3 is 3.11 bits per heavy atom. The van der Waals surface area contributed by atoms with Gasteiger partial charge in [0.25, 0.3) is 5.56 Å². The monoisotopic (exact) mass is 310 g/mol. The molecule has 2 heterocycles. The molecule has 1 aromatic rings. The van der Waals surface area contributed by atoms with Gasteiger partial charge in [0.2, 0.25) is 0 Å². The molecule has 96 valence electrons. The van der Waals surface area contributed by atoms with Crippen molar-refractivity contribution in [3.05, 3.63) is 21.0 Å². The van der Waals surface area contributed by atoms with Crippen LogP contribution in [0.15, 0.2) is 15.5 Å². The molecule has 1 aromatic heterocycles. The van der Waals surface area contributed by atoms with Gasteiger partial charge in [0.15, 0.2) is 0 Å². The number of halogens is 1. The van der Waals surface area contributed by atoms with Crippen LogP contribution in [0.2, 0.25) is 0 Å². The summed E-state index contributed by atoms with van der Waals surface area (Å²) in [6.45, 7) is 2.22. The van der Waals surface area contributed by atoms with Gasteiger partial charge in [-0.1, -0.05) is 5.92 Å². The first kappa shape index (κ1) is 13.1. The minimum absolute atomic E-state index is 0.184. The third-order valence-corrected chi connectivity index (χ3v) is 3.74. The molecule has 1 fully saturated rings. The molecule has 2 rings (SSSR count). The maximum absolute atomic E-state index is 11.9. The Kier molecular flexibility index (Phi) is 4.04. The highest BCUT2D eigenvalue weighted by molar-refractivity contribution is 9.10. The van der Waals surface area contributed by atoms with Gasteiger partial charge in [-0.3, -0.25) is 4.79 Å². The summed E-state index contributed by atoms with van der Waals surface area (Å²) in [5.41, 5.74) is 0.526. The molecule has 1 aliphatic heterocycles. The van der Waals surface area contributed by atoms with Crippen LogP contribution in [0.3, 0.4) is 0 Å². The molecule has 6 heteroatoms. The Balaban J connectivity index is 2.17. The van der Waals surface area contributed by atoms with E-state index in [1.165, 1.54) is 4.68 Å². The summed E-state index contributed by atoms with van der Waals surface area (Å²) in [6, 6.07) is 0.357. The molecule has 1 saturated heterocycles. The highest BCUT2D eigenvalue weighted by Crippen LogP contribution is 2.20.